The molecule has 0 aromatic carbocycles. The van der Waals surface area contributed by atoms with Crippen molar-refractivity contribution >= 4 is 0 Å². The smallest absolute Gasteiger partial charge is 0.110 e. The highest BCUT2D eigenvalue weighted by atomic mass is 16.4. The Kier molecular flexibility index (Phi) is 2.85. The van der Waals surface area contributed by atoms with Crippen molar-refractivity contribution in [2.45, 2.75) is 25.2 Å². The third kappa shape index (κ3) is 1.51. The molecular weight excluding hydrogens is 160 g/mol. The number of aliphatic hydroxyl groups excluding tert-OH is 4. The molecule has 0 fully saturated rings. The Labute approximate surface area is 70.8 Å². The fraction of sp³-hybridized carbons (Fsp3) is 0.750. The molecule has 0 aromatic rings. The first-order valence-electron chi connectivity index (χ1n) is 3.93. The van der Waals surface area contributed by atoms with Gasteiger partial charge in [-0.1, -0.05) is 13.0 Å². The van der Waals surface area contributed by atoms with Crippen LogP contribution in [0.4, 0.5) is 0 Å². The van der Waals surface area contributed by atoms with Crippen molar-refractivity contribution in [1.29, 1.82) is 0 Å². The van der Waals surface area contributed by atoms with E-state index in [0.29, 0.717) is 5.57 Å². The molecule has 0 amide bonds. The van der Waals surface area contributed by atoms with Crippen LogP contribution in [0.5, 0.6) is 0 Å². The molecular formula is C8H14O4. The van der Waals surface area contributed by atoms with Gasteiger partial charge in [-0.05, 0) is 5.57 Å². The van der Waals surface area contributed by atoms with Gasteiger partial charge in [-0.3, -0.25) is 0 Å². The van der Waals surface area contributed by atoms with Gasteiger partial charge in [-0.15, -0.1) is 0 Å². The van der Waals surface area contributed by atoms with Gasteiger partial charge >= 0.3 is 0 Å². The molecule has 0 bridgehead atoms. The number of hydrogen-bond donors (Lipinski definition) is 4. The van der Waals surface area contributed by atoms with Gasteiger partial charge in [0.15, 0.2) is 0 Å². The van der Waals surface area contributed by atoms with Crippen molar-refractivity contribution in [3.05, 3.63) is 11.6 Å². The molecule has 4 heteroatoms. The van der Waals surface area contributed by atoms with Gasteiger partial charge < -0.3 is 20.4 Å². The molecule has 0 aromatic heterocycles. The Hall–Kier alpha value is -0.420. The molecule has 4 N–H and O–H groups in total. The zero-order valence-electron chi connectivity index (χ0n) is 6.88. The maximum Gasteiger partial charge on any atom is 0.110 e. The second kappa shape index (κ2) is 3.53. The summed E-state index contributed by atoms with van der Waals surface area (Å²) in [5, 5.41) is 36.6. The Bertz CT molecular complexity index is 189. The molecule has 0 saturated carbocycles. The van der Waals surface area contributed by atoms with E-state index in [4.69, 9.17) is 5.11 Å². The summed E-state index contributed by atoms with van der Waals surface area (Å²) < 4.78 is 0. The second-order valence-electron chi connectivity index (χ2n) is 3.18. The molecule has 1 rings (SSSR count). The first kappa shape index (κ1) is 9.67. The van der Waals surface area contributed by atoms with Crippen molar-refractivity contribution in [2.75, 3.05) is 6.61 Å². The van der Waals surface area contributed by atoms with Crippen LogP contribution in [0, 0.1) is 5.92 Å². The largest absolute Gasteiger partial charge is 0.392 e. The summed E-state index contributed by atoms with van der Waals surface area (Å²) in [7, 11) is 0. The van der Waals surface area contributed by atoms with Crippen LogP contribution in [-0.2, 0) is 0 Å². The molecule has 4 atom stereocenters. The van der Waals surface area contributed by atoms with Crippen molar-refractivity contribution in [3.63, 3.8) is 0 Å². The summed E-state index contributed by atoms with van der Waals surface area (Å²) in [6.07, 6.45) is -1.69. The van der Waals surface area contributed by atoms with Gasteiger partial charge in [0.25, 0.3) is 0 Å². The molecule has 4 nitrogen and oxygen atoms in total. The van der Waals surface area contributed by atoms with Crippen LogP contribution in [0.1, 0.15) is 6.92 Å². The van der Waals surface area contributed by atoms with Crippen LogP contribution in [0.3, 0.4) is 0 Å². The maximum absolute atomic E-state index is 9.29. The predicted molar refractivity (Wildman–Crippen MR) is 42.4 cm³/mol. The molecule has 1 aliphatic rings. The topological polar surface area (TPSA) is 80.9 Å². The van der Waals surface area contributed by atoms with E-state index < -0.39 is 18.3 Å². The molecule has 0 heterocycles. The predicted octanol–water partition coefficient (Wildman–Crippen LogP) is -1.36. The van der Waals surface area contributed by atoms with Gasteiger partial charge in [-0.25, -0.2) is 0 Å². The lowest BCUT2D eigenvalue weighted by Crippen LogP contribution is -2.45. The Morgan fingerprint density at radius 1 is 1.25 bits per heavy atom. The van der Waals surface area contributed by atoms with Crippen LogP contribution in [0.2, 0.25) is 0 Å². The summed E-state index contributed by atoms with van der Waals surface area (Å²) in [6, 6.07) is 0. The minimum Gasteiger partial charge on any atom is -0.392 e. The minimum absolute atomic E-state index is 0.231. The third-order valence-electron chi connectivity index (χ3n) is 2.25. The molecule has 1 aliphatic carbocycles. The fourth-order valence-electron chi connectivity index (χ4n) is 1.40. The normalized spacial score (nSPS) is 42.6. The molecule has 12 heavy (non-hydrogen) atoms. The molecule has 70 valence electrons. The van der Waals surface area contributed by atoms with E-state index in [-0.39, 0.29) is 12.5 Å². The van der Waals surface area contributed by atoms with E-state index in [2.05, 4.69) is 0 Å². The van der Waals surface area contributed by atoms with Crippen molar-refractivity contribution in [3.8, 4) is 0 Å². The highest BCUT2D eigenvalue weighted by Crippen LogP contribution is 2.23. The Morgan fingerprint density at radius 2 is 1.83 bits per heavy atom. The van der Waals surface area contributed by atoms with E-state index in [1.807, 2.05) is 0 Å². The lowest BCUT2D eigenvalue weighted by atomic mass is 9.85. The fourth-order valence-corrected chi connectivity index (χ4v) is 1.40. The highest BCUT2D eigenvalue weighted by molar-refractivity contribution is 5.18. The van der Waals surface area contributed by atoms with E-state index in [1.165, 1.54) is 0 Å². The van der Waals surface area contributed by atoms with Crippen LogP contribution < -0.4 is 0 Å². The average Bonchev–Trinajstić information content (AvgIpc) is 2.08. The number of aliphatic hydroxyl groups is 4. The zero-order valence-corrected chi connectivity index (χ0v) is 6.88. The molecule has 1 unspecified atom stereocenters. The van der Waals surface area contributed by atoms with Crippen LogP contribution in [0.15, 0.2) is 11.6 Å². The zero-order chi connectivity index (χ0) is 9.30. The van der Waals surface area contributed by atoms with Gasteiger partial charge in [0.1, 0.15) is 12.2 Å². The van der Waals surface area contributed by atoms with E-state index in [0.717, 1.165) is 0 Å². The van der Waals surface area contributed by atoms with Crippen molar-refractivity contribution in [2.24, 2.45) is 5.92 Å². The molecule has 0 radical (unpaired) electrons. The average molecular weight is 174 g/mol. The van der Waals surface area contributed by atoms with Gasteiger partial charge in [-0.2, -0.15) is 0 Å². The summed E-state index contributed by atoms with van der Waals surface area (Å²) in [5.74, 6) is -0.231. The van der Waals surface area contributed by atoms with Crippen LogP contribution >= 0.6 is 0 Å². The third-order valence-corrected chi connectivity index (χ3v) is 2.25. The van der Waals surface area contributed by atoms with E-state index in [1.54, 1.807) is 13.0 Å². The van der Waals surface area contributed by atoms with Crippen molar-refractivity contribution in [1.82, 2.24) is 0 Å². The molecule has 0 aliphatic heterocycles. The monoisotopic (exact) mass is 174 g/mol. The lowest BCUT2D eigenvalue weighted by molar-refractivity contribution is -0.0699. The van der Waals surface area contributed by atoms with Gasteiger partial charge in [0.05, 0.1) is 12.7 Å². The van der Waals surface area contributed by atoms with Gasteiger partial charge in [0.2, 0.25) is 0 Å². The highest BCUT2D eigenvalue weighted by Gasteiger charge is 2.34. The summed E-state index contributed by atoms with van der Waals surface area (Å²) in [6.45, 7) is 1.44. The first-order chi connectivity index (χ1) is 5.57. The number of hydrogen-bond acceptors (Lipinski definition) is 4. The van der Waals surface area contributed by atoms with E-state index >= 15 is 0 Å². The first-order valence-corrected chi connectivity index (χ1v) is 3.93. The summed E-state index contributed by atoms with van der Waals surface area (Å²) in [4.78, 5) is 0. The Balaban J connectivity index is 2.84. The standard InChI is InChI=1S/C8H14O4/c1-4-2-5(3-9)7(11)8(12)6(4)10/h2,4,6-12H,3H2,1H3/t4-,6?,7-,8-/m1/s1. The van der Waals surface area contributed by atoms with Crippen LogP contribution in [-0.4, -0.2) is 45.3 Å². The SMILES string of the molecule is C[C@@H]1C=C(CO)[C@@H](O)[C@H](O)C1O. The van der Waals surface area contributed by atoms with Crippen molar-refractivity contribution < 1.29 is 20.4 Å². The summed E-state index contributed by atoms with van der Waals surface area (Å²) in [5.41, 5.74) is 0.375. The Morgan fingerprint density at radius 3 is 2.33 bits per heavy atom. The quantitative estimate of drug-likeness (QED) is 0.370. The molecule has 0 spiro atoms. The summed E-state index contributed by atoms with van der Waals surface area (Å²) >= 11 is 0. The minimum atomic E-state index is -1.19. The maximum atomic E-state index is 9.29. The molecule has 0 saturated heterocycles. The van der Waals surface area contributed by atoms with E-state index in [9.17, 15) is 15.3 Å². The lowest BCUT2D eigenvalue weighted by Gasteiger charge is -2.32. The second-order valence-corrected chi connectivity index (χ2v) is 3.18. The number of rotatable bonds is 1. The van der Waals surface area contributed by atoms with Crippen LogP contribution in [0.25, 0.3) is 0 Å². The van der Waals surface area contributed by atoms with Gasteiger partial charge in [0, 0.05) is 5.92 Å².